The number of hydrogen-bond donors (Lipinski definition) is 1. The van der Waals surface area contributed by atoms with Crippen molar-refractivity contribution >= 4 is 12.4 Å². The molecule has 1 unspecified atom stereocenters. The smallest absolute Gasteiger partial charge is 0.410 e. The van der Waals surface area contributed by atoms with E-state index in [1.807, 2.05) is 31.2 Å². The van der Waals surface area contributed by atoms with E-state index in [-0.39, 0.29) is 0 Å². The Morgan fingerprint density at radius 1 is 1.00 bits per heavy atom. The van der Waals surface area contributed by atoms with E-state index in [0.29, 0.717) is 37.1 Å². The van der Waals surface area contributed by atoms with E-state index in [4.69, 9.17) is 4.74 Å². The Labute approximate surface area is 188 Å². The van der Waals surface area contributed by atoms with Gasteiger partial charge in [-0.1, -0.05) is 74.0 Å². The minimum Gasteiger partial charge on any atom is -0.449 e. The number of aromatic nitrogens is 1. The molecule has 0 aliphatic carbocycles. The molecule has 6 heteroatoms. The predicted octanol–water partition coefficient (Wildman–Crippen LogP) is 4.46. The lowest BCUT2D eigenvalue weighted by atomic mass is 9.87. The highest BCUT2D eigenvalue weighted by Crippen LogP contribution is 2.28. The van der Waals surface area contributed by atoms with Crippen LogP contribution < -0.4 is 0 Å². The van der Waals surface area contributed by atoms with Crippen molar-refractivity contribution in [2.24, 2.45) is 0 Å². The van der Waals surface area contributed by atoms with Crippen LogP contribution in [0.1, 0.15) is 42.1 Å². The third-order valence-corrected chi connectivity index (χ3v) is 5.21. The van der Waals surface area contributed by atoms with E-state index in [9.17, 15) is 14.7 Å². The summed E-state index contributed by atoms with van der Waals surface area (Å²) in [6, 6.07) is 21.4. The van der Waals surface area contributed by atoms with Crippen molar-refractivity contribution in [2.45, 2.75) is 38.5 Å². The molecule has 0 saturated heterocycles. The zero-order valence-electron chi connectivity index (χ0n) is 18.2. The minimum absolute atomic E-state index is 0.312. The zero-order chi connectivity index (χ0) is 22.8. The van der Waals surface area contributed by atoms with Crippen molar-refractivity contribution in [2.75, 3.05) is 6.61 Å². The SMILES string of the molecule is CCCCOC(=O)N(Cc1ccc(C(O)(C=O)c2ccccc2)cc1)Cc1ccccn1. The normalized spacial score (nSPS) is 12.6. The maximum atomic E-state index is 12.7. The molecule has 32 heavy (non-hydrogen) atoms. The second-order valence-electron chi connectivity index (χ2n) is 7.59. The van der Waals surface area contributed by atoms with Crippen LogP contribution in [0.3, 0.4) is 0 Å². The quantitative estimate of drug-likeness (QED) is 0.378. The molecule has 0 radical (unpaired) electrons. The number of pyridine rings is 1. The number of ether oxygens (including phenoxy) is 1. The van der Waals surface area contributed by atoms with E-state index in [0.717, 1.165) is 24.1 Å². The maximum Gasteiger partial charge on any atom is 0.410 e. The first kappa shape index (κ1) is 23.2. The van der Waals surface area contributed by atoms with E-state index < -0.39 is 11.7 Å². The molecule has 0 fully saturated rings. The predicted molar refractivity (Wildman–Crippen MR) is 122 cm³/mol. The summed E-state index contributed by atoms with van der Waals surface area (Å²) in [6.07, 6.45) is 3.57. The van der Waals surface area contributed by atoms with E-state index >= 15 is 0 Å². The fraction of sp³-hybridized carbons (Fsp3) is 0.269. The summed E-state index contributed by atoms with van der Waals surface area (Å²) in [5.41, 5.74) is 0.838. The van der Waals surface area contributed by atoms with Crippen LogP contribution in [0.4, 0.5) is 4.79 Å². The molecule has 2 aromatic carbocycles. The van der Waals surface area contributed by atoms with E-state index in [2.05, 4.69) is 4.98 Å². The van der Waals surface area contributed by atoms with Crippen LogP contribution in [-0.4, -0.2) is 34.0 Å². The highest BCUT2D eigenvalue weighted by atomic mass is 16.6. The van der Waals surface area contributed by atoms with Crippen molar-refractivity contribution < 1.29 is 19.4 Å². The molecule has 0 aliphatic rings. The standard InChI is InChI=1S/C26H28N2O4/c1-2-3-17-32-25(30)28(19-24-11-7-8-16-27-24)18-21-12-14-23(15-13-21)26(31,20-29)22-9-5-4-6-10-22/h4-16,20,31H,2-3,17-19H2,1H3. The lowest BCUT2D eigenvalue weighted by Gasteiger charge is -2.24. The van der Waals surface area contributed by atoms with Crippen molar-refractivity contribution in [3.8, 4) is 0 Å². The minimum atomic E-state index is -1.73. The molecular weight excluding hydrogens is 404 g/mol. The topological polar surface area (TPSA) is 79.7 Å². The van der Waals surface area contributed by atoms with Gasteiger partial charge in [0, 0.05) is 12.7 Å². The molecule has 1 atom stereocenters. The first-order chi connectivity index (χ1) is 15.6. The van der Waals surface area contributed by atoms with Gasteiger partial charge in [0.05, 0.1) is 18.8 Å². The van der Waals surface area contributed by atoms with Crippen molar-refractivity contribution in [1.82, 2.24) is 9.88 Å². The van der Waals surface area contributed by atoms with Gasteiger partial charge in [0.15, 0.2) is 11.9 Å². The summed E-state index contributed by atoms with van der Waals surface area (Å²) in [6.45, 7) is 3.04. The maximum absolute atomic E-state index is 12.7. The Balaban J connectivity index is 1.78. The third kappa shape index (κ3) is 5.80. The Morgan fingerprint density at radius 2 is 1.69 bits per heavy atom. The van der Waals surface area contributed by atoms with Gasteiger partial charge in [-0.3, -0.25) is 14.7 Å². The average molecular weight is 433 g/mol. The van der Waals surface area contributed by atoms with E-state index in [1.54, 1.807) is 59.6 Å². The van der Waals surface area contributed by atoms with Gasteiger partial charge >= 0.3 is 6.09 Å². The number of hydrogen-bond acceptors (Lipinski definition) is 5. The van der Waals surface area contributed by atoms with Gasteiger partial charge in [-0.25, -0.2) is 4.79 Å². The van der Waals surface area contributed by atoms with Gasteiger partial charge in [0.25, 0.3) is 0 Å². The Morgan fingerprint density at radius 3 is 2.31 bits per heavy atom. The second-order valence-corrected chi connectivity index (χ2v) is 7.59. The fourth-order valence-electron chi connectivity index (χ4n) is 3.35. The molecule has 0 bridgehead atoms. The molecule has 1 amide bonds. The number of benzene rings is 2. The highest BCUT2D eigenvalue weighted by molar-refractivity contribution is 5.72. The zero-order valence-corrected chi connectivity index (χ0v) is 18.2. The molecule has 0 aliphatic heterocycles. The first-order valence-corrected chi connectivity index (χ1v) is 10.7. The van der Waals surface area contributed by atoms with Gasteiger partial charge in [0.1, 0.15) is 0 Å². The Kier molecular flexibility index (Phi) is 8.11. The van der Waals surface area contributed by atoms with Crippen LogP contribution in [0.15, 0.2) is 79.0 Å². The molecule has 166 valence electrons. The summed E-state index contributed by atoms with van der Waals surface area (Å²) in [5.74, 6) is 0. The van der Waals surface area contributed by atoms with Crippen LogP contribution >= 0.6 is 0 Å². The van der Waals surface area contributed by atoms with Gasteiger partial charge in [-0.2, -0.15) is 0 Å². The fourth-order valence-corrected chi connectivity index (χ4v) is 3.35. The molecular formula is C26H28N2O4. The van der Waals surface area contributed by atoms with Crippen molar-refractivity contribution in [3.63, 3.8) is 0 Å². The molecule has 3 rings (SSSR count). The van der Waals surface area contributed by atoms with Gasteiger partial charge in [-0.05, 0) is 35.2 Å². The second kappa shape index (κ2) is 11.2. The number of carbonyl (C=O) groups excluding carboxylic acids is 2. The van der Waals surface area contributed by atoms with Crippen molar-refractivity contribution in [1.29, 1.82) is 0 Å². The van der Waals surface area contributed by atoms with Crippen LogP contribution in [0, 0.1) is 0 Å². The summed E-state index contributed by atoms with van der Waals surface area (Å²) >= 11 is 0. The molecule has 0 saturated carbocycles. The monoisotopic (exact) mass is 432 g/mol. The highest BCUT2D eigenvalue weighted by Gasteiger charge is 2.31. The third-order valence-electron chi connectivity index (χ3n) is 5.21. The molecule has 0 spiro atoms. The van der Waals surface area contributed by atoms with Crippen LogP contribution in [0.25, 0.3) is 0 Å². The van der Waals surface area contributed by atoms with Crippen LogP contribution in [0.5, 0.6) is 0 Å². The molecule has 1 N–H and O–H groups in total. The number of unbranched alkanes of at least 4 members (excludes halogenated alkanes) is 1. The number of nitrogens with zero attached hydrogens (tertiary/aromatic N) is 2. The molecule has 3 aromatic rings. The first-order valence-electron chi connectivity index (χ1n) is 10.7. The number of aldehydes is 1. The Hall–Kier alpha value is -3.51. The lowest BCUT2D eigenvalue weighted by molar-refractivity contribution is -0.121. The van der Waals surface area contributed by atoms with Gasteiger partial charge in [0.2, 0.25) is 0 Å². The number of carbonyl (C=O) groups is 2. The number of rotatable bonds is 10. The molecule has 6 nitrogen and oxygen atoms in total. The average Bonchev–Trinajstić information content (AvgIpc) is 2.85. The molecule has 1 heterocycles. The summed E-state index contributed by atoms with van der Waals surface area (Å²) in [4.78, 5) is 30.4. The number of aliphatic hydroxyl groups is 1. The largest absolute Gasteiger partial charge is 0.449 e. The van der Waals surface area contributed by atoms with E-state index in [1.165, 1.54) is 0 Å². The number of amides is 1. The Bertz CT molecular complexity index is 993. The van der Waals surface area contributed by atoms with Gasteiger partial charge in [-0.15, -0.1) is 0 Å². The van der Waals surface area contributed by atoms with Crippen molar-refractivity contribution in [3.05, 3.63) is 101 Å². The summed E-state index contributed by atoms with van der Waals surface area (Å²) in [7, 11) is 0. The van der Waals surface area contributed by atoms with Crippen LogP contribution in [0.2, 0.25) is 0 Å². The summed E-state index contributed by atoms with van der Waals surface area (Å²) < 4.78 is 5.42. The lowest BCUT2D eigenvalue weighted by Crippen LogP contribution is -2.31. The summed E-state index contributed by atoms with van der Waals surface area (Å²) in [5, 5.41) is 11.0. The van der Waals surface area contributed by atoms with Gasteiger partial charge < -0.3 is 9.84 Å². The van der Waals surface area contributed by atoms with Crippen LogP contribution in [-0.2, 0) is 28.2 Å². The molecule has 1 aromatic heterocycles.